The third-order valence-corrected chi connectivity index (χ3v) is 5.12. The van der Waals surface area contributed by atoms with Crippen molar-refractivity contribution >= 4 is 28.9 Å². The van der Waals surface area contributed by atoms with Crippen molar-refractivity contribution in [2.45, 2.75) is 13.0 Å². The smallest absolute Gasteiger partial charge is 0.159 e. The lowest BCUT2D eigenvalue weighted by Crippen LogP contribution is -2.12. The molecule has 1 atom stereocenters. The molecule has 0 saturated heterocycles. The second-order valence-corrected chi connectivity index (χ2v) is 6.76. The van der Waals surface area contributed by atoms with Crippen LogP contribution in [0.15, 0.2) is 41.5 Å². The quantitative estimate of drug-likeness (QED) is 0.558. The molecule has 2 aromatic carbocycles. The number of aliphatic imine (C=N–C) groups is 1. The zero-order valence-electron chi connectivity index (χ0n) is 13.8. The predicted molar refractivity (Wildman–Crippen MR) is 98.7 cm³/mol. The minimum absolute atomic E-state index is 0.0459. The average molecular weight is 403 g/mol. The first-order chi connectivity index (χ1) is 12.9. The Labute approximate surface area is 163 Å². The lowest BCUT2D eigenvalue weighted by atomic mass is 9.99. The van der Waals surface area contributed by atoms with E-state index in [0.29, 0.717) is 11.5 Å². The number of imidazole rings is 1. The summed E-state index contributed by atoms with van der Waals surface area (Å²) in [5.41, 5.74) is 0.718. The SMILES string of the molecule is C[C@@H]1N=C(c2c(F)cccc2F)c2c(ccc(Cl)c2Cl)-n2cc(C#N)nc21. The fourth-order valence-electron chi connectivity index (χ4n) is 3.13. The molecule has 1 aliphatic rings. The van der Waals surface area contributed by atoms with Gasteiger partial charge in [-0.3, -0.25) is 9.56 Å². The van der Waals surface area contributed by atoms with Gasteiger partial charge in [-0.1, -0.05) is 29.3 Å². The minimum Gasteiger partial charge on any atom is -0.300 e. The lowest BCUT2D eigenvalue weighted by molar-refractivity contribution is 0.578. The second kappa shape index (κ2) is 6.45. The van der Waals surface area contributed by atoms with Gasteiger partial charge in [0.25, 0.3) is 0 Å². The molecule has 3 aromatic rings. The molecule has 0 spiro atoms. The maximum Gasteiger partial charge on any atom is 0.159 e. The number of halogens is 4. The van der Waals surface area contributed by atoms with Gasteiger partial charge in [0.1, 0.15) is 29.6 Å². The van der Waals surface area contributed by atoms with Crippen LogP contribution in [-0.2, 0) is 0 Å². The average Bonchev–Trinajstić information content (AvgIpc) is 3.03. The zero-order valence-corrected chi connectivity index (χ0v) is 15.4. The first-order valence-electron chi connectivity index (χ1n) is 7.92. The van der Waals surface area contributed by atoms with Crippen LogP contribution in [0.3, 0.4) is 0 Å². The van der Waals surface area contributed by atoms with Crippen molar-refractivity contribution in [3.8, 4) is 11.8 Å². The van der Waals surface area contributed by atoms with Gasteiger partial charge < -0.3 is 0 Å². The standard InChI is InChI=1S/C19H10Cl2F2N4/c1-9-19-26-10(7-24)8-27(19)14-6-5-11(20)17(21)16(14)18(25-9)15-12(22)3-2-4-13(15)23/h2-6,8-9H,1H3/t9-/m0/s1. The number of fused-ring (bicyclic) bond motifs is 3. The Morgan fingerprint density at radius 1 is 1.11 bits per heavy atom. The van der Waals surface area contributed by atoms with Crippen LogP contribution < -0.4 is 0 Å². The van der Waals surface area contributed by atoms with Crippen molar-refractivity contribution in [3.63, 3.8) is 0 Å². The summed E-state index contributed by atoms with van der Waals surface area (Å²) in [6.45, 7) is 1.72. The fourth-order valence-corrected chi connectivity index (χ4v) is 3.54. The third kappa shape index (κ3) is 2.71. The molecule has 4 nitrogen and oxygen atoms in total. The summed E-state index contributed by atoms with van der Waals surface area (Å²) in [6, 6.07) is 8.22. The van der Waals surface area contributed by atoms with Gasteiger partial charge >= 0.3 is 0 Å². The van der Waals surface area contributed by atoms with Crippen LogP contribution in [0.2, 0.25) is 10.0 Å². The topological polar surface area (TPSA) is 54.0 Å². The molecule has 0 N–H and O–H groups in total. The van der Waals surface area contributed by atoms with Crippen molar-refractivity contribution < 1.29 is 8.78 Å². The van der Waals surface area contributed by atoms with E-state index >= 15 is 0 Å². The summed E-state index contributed by atoms with van der Waals surface area (Å²) in [5, 5.41) is 9.52. The minimum atomic E-state index is -0.764. The number of nitriles is 1. The normalized spacial score (nSPS) is 15.4. The van der Waals surface area contributed by atoms with Gasteiger partial charge in [0, 0.05) is 11.8 Å². The maximum absolute atomic E-state index is 14.5. The maximum atomic E-state index is 14.5. The fraction of sp³-hybridized carbons (Fsp3) is 0.105. The van der Waals surface area contributed by atoms with Gasteiger partial charge in [0.05, 0.1) is 27.0 Å². The Morgan fingerprint density at radius 2 is 1.81 bits per heavy atom. The van der Waals surface area contributed by atoms with Crippen LogP contribution in [0.1, 0.15) is 35.6 Å². The van der Waals surface area contributed by atoms with Crippen molar-refractivity contribution in [2.24, 2.45) is 4.99 Å². The van der Waals surface area contributed by atoms with Crippen LogP contribution in [0.25, 0.3) is 5.69 Å². The highest BCUT2D eigenvalue weighted by Gasteiger charge is 2.30. The molecule has 2 heterocycles. The molecule has 0 fully saturated rings. The van der Waals surface area contributed by atoms with E-state index in [0.717, 1.165) is 12.1 Å². The largest absolute Gasteiger partial charge is 0.300 e. The molecule has 1 aromatic heterocycles. The molecule has 4 rings (SSSR count). The molecule has 1 aliphatic heterocycles. The van der Waals surface area contributed by atoms with E-state index in [1.165, 1.54) is 12.3 Å². The molecular weight excluding hydrogens is 393 g/mol. The molecular formula is C19H10Cl2F2N4. The summed E-state index contributed by atoms with van der Waals surface area (Å²) in [6.07, 6.45) is 1.53. The molecule has 134 valence electrons. The van der Waals surface area contributed by atoms with Gasteiger partial charge in [0.2, 0.25) is 0 Å². The van der Waals surface area contributed by atoms with Gasteiger partial charge in [-0.05, 0) is 31.2 Å². The summed E-state index contributed by atoms with van der Waals surface area (Å²) in [7, 11) is 0. The van der Waals surface area contributed by atoms with Gasteiger partial charge in [-0.25, -0.2) is 13.8 Å². The number of aromatic nitrogens is 2. The molecule has 8 heteroatoms. The van der Waals surface area contributed by atoms with E-state index in [2.05, 4.69) is 9.98 Å². The van der Waals surface area contributed by atoms with E-state index in [1.54, 1.807) is 23.6 Å². The van der Waals surface area contributed by atoms with E-state index in [-0.39, 0.29) is 32.6 Å². The number of nitrogens with zero attached hydrogens (tertiary/aromatic N) is 4. The molecule has 0 amide bonds. The third-order valence-electron chi connectivity index (χ3n) is 4.31. The first-order valence-corrected chi connectivity index (χ1v) is 8.68. The molecule has 27 heavy (non-hydrogen) atoms. The molecule has 0 unspecified atom stereocenters. The zero-order chi connectivity index (χ0) is 19.3. The van der Waals surface area contributed by atoms with E-state index in [1.807, 2.05) is 6.07 Å². The van der Waals surface area contributed by atoms with E-state index in [9.17, 15) is 14.0 Å². The highest BCUT2D eigenvalue weighted by atomic mass is 35.5. The summed E-state index contributed by atoms with van der Waals surface area (Å²) in [4.78, 5) is 8.77. The van der Waals surface area contributed by atoms with Crippen molar-refractivity contribution in [1.29, 1.82) is 5.26 Å². The van der Waals surface area contributed by atoms with Crippen LogP contribution in [-0.4, -0.2) is 15.3 Å². The van der Waals surface area contributed by atoms with Crippen molar-refractivity contribution in [1.82, 2.24) is 9.55 Å². The predicted octanol–water partition coefficient (Wildman–Crippen LogP) is 5.24. The number of hydrogen-bond donors (Lipinski definition) is 0. The van der Waals surface area contributed by atoms with Crippen LogP contribution in [0.5, 0.6) is 0 Å². The highest BCUT2D eigenvalue weighted by Crippen LogP contribution is 2.38. The van der Waals surface area contributed by atoms with E-state index in [4.69, 9.17) is 23.2 Å². The molecule has 0 saturated carbocycles. The second-order valence-electron chi connectivity index (χ2n) is 5.97. The van der Waals surface area contributed by atoms with Gasteiger partial charge in [0.15, 0.2) is 5.69 Å². The van der Waals surface area contributed by atoms with Gasteiger partial charge in [-0.15, -0.1) is 0 Å². The summed E-state index contributed by atoms with van der Waals surface area (Å²) in [5.74, 6) is -1.07. The number of benzene rings is 2. The Bertz CT molecular complexity index is 1140. The lowest BCUT2D eigenvalue weighted by Gasteiger charge is -2.15. The highest BCUT2D eigenvalue weighted by molar-refractivity contribution is 6.45. The van der Waals surface area contributed by atoms with E-state index < -0.39 is 17.7 Å². The van der Waals surface area contributed by atoms with Crippen LogP contribution >= 0.6 is 23.2 Å². The summed E-state index contributed by atoms with van der Waals surface area (Å²) < 4.78 is 30.7. The monoisotopic (exact) mass is 402 g/mol. The Kier molecular flexibility index (Phi) is 4.22. The van der Waals surface area contributed by atoms with Crippen molar-refractivity contribution in [3.05, 3.63) is 80.9 Å². The molecule has 0 bridgehead atoms. The molecule has 0 radical (unpaired) electrons. The Hall–Kier alpha value is -2.75. The number of hydrogen-bond acceptors (Lipinski definition) is 3. The Balaban J connectivity index is 2.12. The van der Waals surface area contributed by atoms with Crippen LogP contribution in [0, 0.1) is 23.0 Å². The Morgan fingerprint density at radius 3 is 2.48 bits per heavy atom. The van der Waals surface area contributed by atoms with Crippen molar-refractivity contribution in [2.75, 3.05) is 0 Å². The number of rotatable bonds is 1. The van der Waals surface area contributed by atoms with Gasteiger partial charge in [-0.2, -0.15) is 5.26 Å². The van der Waals surface area contributed by atoms with Crippen LogP contribution in [0.4, 0.5) is 8.78 Å². The first kappa shape index (κ1) is 17.7. The summed E-state index contributed by atoms with van der Waals surface area (Å²) >= 11 is 12.6. The molecule has 0 aliphatic carbocycles.